The van der Waals surface area contributed by atoms with Crippen molar-refractivity contribution in [3.63, 3.8) is 0 Å². The number of carbonyl (C=O) groups is 2. The molecular formula is C30H21NO5. The van der Waals surface area contributed by atoms with Crippen molar-refractivity contribution in [3.8, 4) is 17.2 Å². The van der Waals surface area contributed by atoms with Crippen molar-refractivity contribution in [2.75, 3.05) is 6.61 Å². The molecule has 36 heavy (non-hydrogen) atoms. The molecule has 0 radical (unpaired) electrons. The smallest absolute Gasteiger partial charge is 0.312 e. The van der Waals surface area contributed by atoms with Crippen molar-refractivity contribution < 1.29 is 23.8 Å². The molecule has 0 saturated heterocycles. The Labute approximate surface area is 207 Å². The number of ether oxygens (including phenoxy) is 3. The molecule has 3 aliphatic rings. The van der Waals surface area contributed by atoms with Crippen molar-refractivity contribution in [3.05, 3.63) is 100 Å². The average Bonchev–Trinajstić information content (AvgIpc) is 3.39. The number of allylic oxidation sites excluding steroid dienone is 1. The molecule has 7 rings (SSSR count). The Kier molecular flexibility index (Phi) is 4.45. The number of esters is 1. The molecule has 6 heteroatoms. The topological polar surface area (TPSA) is 66.8 Å². The first-order chi connectivity index (χ1) is 17.6. The second-order valence-corrected chi connectivity index (χ2v) is 9.28. The summed E-state index contributed by atoms with van der Waals surface area (Å²) < 4.78 is 19.8. The molecule has 0 bridgehead atoms. The van der Waals surface area contributed by atoms with Gasteiger partial charge in [-0.05, 0) is 42.0 Å². The lowest BCUT2D eigenvalue weighted by Crippen LogP contribution is -2.24. The third-order valence-corrected chi connectivity index (χ3v) is 7.10. The largest absolute Gasteiger partial charge is 0.489 e. The van der Waals surface area contributed by atoms with E-state index < -0.39 is 0 Å². The number of hydrogen-bond acceptors (Lipinski definition) is 5. The molecule has 176 valence electrons. The van der Waals surface area contributed by atoms with E-state index in [1.54, 1.807) is 18.2 Å². The second-order valence-electron chi connectivity index (χ2n) is 9.28. The van der Waals surface area contributed by atoms with Crippen LogP contribution in [0.3, 0.4) is 0 Å². The van der Waals surface area contributed by atoms with E-state index in [0.717, 1.165) is 38.9 Å². The van der Waals surface area contributed by atoms with Crippen LogP contribution in [0.25, 0.3) is 23.1 Å². The lowest BCUT2D eigenvalue weighted by atomic mass is 9.83. The number of Topliss-reactive ketones (excluding diaryl/α,β-unsaturated/α-hetero) is 1. The molecule has 4 aromatic rings. The van der Waals surface area contributed by atoms with E-state index in [4.69, 9.17) is 14.2 Å². The fourth-order valence-corrected chi connectivity index (χ4v) is 5.39. The molecule has 0 saturated carbocycles. The molecule has 0 aliphatic carbocycles. The van der Waals surface area contributed by atoms with Gasteiger partial charge in [-0.25, -0.2) is 0 Å². The molecule has 1 atom stereocenters. The lowest BCUT2D eigenvalue weighted by Gasteiger charge is -2.29. The van der Waals surface area contributed by atoms with Crippen molar-refractivity contribution in [2.24, 2.45) is 7.05 Å². The van der Waals surface area contributed by atoms with Crippen LogP contribution in [0.4, 0.5) is 0 Å². The summed E-state index contributed by atoms with van der Waals surface area (Å²) >= 11 is 0. The third kappa shape index (κ3) is 3.11. The summed E-state index contributed by atoms with van der Waals surface area (Å²) in [4.78, 5) is 25.9. The van der Waals surface area contributed by atoms with Gasteiger partial charge in [0.2, 0.25) is 5.78 Å². The standard InChI is InChI=1S/C30H21NO5/c1-31-15-18(20-7-3-4-8-23(20)31)13-26-29(33)21-10-11-25-28(30(21)36-26)22(14-27(32)35-25)19-12-17-6-2-5-9-24(17)34-16-19/h2-13,15,22H,14,16H2,1H3/b26-13-/t22-/m1/s1. The molecule has 0 fully saturated rings. The number of aromatic nitrogens is 1. The van der Waals surface area contributed by atoms with Gasteiger partial charge in [0, 0.05) is 46.8 Å². The first kappa shape index (κ1) is 20.8. The van der Waals surface area contributed by atoms with E-state index in [-0.39, 0.29) is 29.9 Å². The third-order valence-electron chi connectivity index (χ3n) is 7.10. The maximum atomic E-state index is 13.4. The zero-order chi connectivity index (χ0) is 24.4. The maximum absolute atomic E-state index is 13.4. The average molecular weight is 476 g/mol. The van der Waals surface area contributed by atoms with E-state index in [9.17, 15) is 9.59 Å². The molecule has 0 unspecified atom stereocenters. The Morgan fingerprint density at radius 3 is 2.69 bits per heavy atom. The Morgan fingerprint density at radius 2 is 1.78 bits per heavy atom. The summed E-state index contributed by atoms with van der Waals surface area (Å²) in [5.74, 6) is 1.14. The lowest BCUT2D eigenvalue weighted by molar-refractivity contribution is -0.135. The highest BCUT2D eigenvalue weighted by Gasteiger charge is 2.39. The Hall–Kier alpha value is -4.58. The zero-order valence-electron chi connectivity index (χ0n) is 19.5. The monoisotopic (exact) mass is 475 g/mol. The predicted octanol–water partition coefficient (Wildman–Crippen LogP) is 5.66. The molecule has 4 heterocycles. The Balaban J connectivity index is 1.33. The van der Waals surface area contributed by atoms with Crippen LogP contribution < -0.4 is 14.2 Å². The minimum atomic E-state index is -0.317. The van der Waals surface area contributed by atoms with Gasteiger partial charge in [0.05, 0.1) is 12.0 Å². The van der Waals surface area contributed by atoms with Gasteiger partial charge in [0.1, 0.15) is 23.9 Å². The molecular weight excluding hydrogens is 454 g/mol. The normalized spacial score (nSPS) is 19.2. The summed E-state index contributed by atoms with van der Waals surface area (Å²) in [6.45, 7) is 0.352. The zero-order valence-corrected chi connectivity index (χ0v) is 19.5. The minimum absolute atomic E-state index is 0.154. The first-order valence-corrected chi connectivity index (χ1v) is 11.8. The van der Waals surface area contributed by atoms with E-state index in [2.05, 4.69) is 6.08 Å². The van der Waals surface area contributed by atoms with E-state index >= 15 is 0 Å². The van der Waals surface area contributed by atoms with Crippen LogP contribution in [0, 0.1) is 0 Å². The number of nitrogens with zero attached hydrogens (tertiary/aromatic N) is 1. The Morgan fingerprint density at radius 1 is 0.944 bits per heavy atom. The van der Waals surface area contributed by atoms with Crippen LogP contribution in [0.2, 0.25) is 0 Å². The number of benzene rings is 3. The van der Waals surface area contributed by atoms with Gasteiger partial charge in [-0.3, -0.25) is 9.59 Å². The van der Waals surface area contributed by atoms with Crippen molar-refractivity contribution in [1.82, 2.24) is 4.57 Å². The number of carbonyl (C=O) groups excluding carboxylic acids is 2. The summed E-state index contributed by atoms with van der Waals surface area (Å²) in [5, 5.41) is 1.04. The maximum Gasteiger partial charge on any atom is 0.312 e. The van der Waals surface area contributed by atoms with Gasteiger partial charge in [-0.15, -0.1) is 0 Å². The van der Waals surface area contributed by atoms with E-state index in [0.29, 0.717) is 23.7 Å². The van der Waals surface area contributed by atoms with Crippen molar-refractivity contribution >= 4 is 34.8 Å². The SMILES string of the molecule is Cn1cc(/C=C2\Oc3c(ccc4c3[C@@H](C3=Cc5ccccc5OC3)CC(=O)O4)C2=O)c2ccccc21. The van der Waals surface area contributed by atoms with Crippen LogP contribution >= 0.6 is 0 Å². The molecule has 1 aromatic heterocycles. The second kappa shape index (κ2) is 7.71. The van der Waals surface area contributed by atoms with Crippen LogP contribution in [-0.4, -0.2) is 22.9 Å². The van der Waals surface area contributed by atoms with Crippen molar-refractivity contribution in [1.29, 1.82) is 0 Å². The number of fused-ring (bicyclic) bond motifs is 5. The molecule has 3 aliphatic heterocycles. The minimum Gasteiger partial charge on any atom is -0.489 e. The van der Waals surface area contributed by atoms with Gasteiger partial charge in [0.15, 0.2) is 5.76 Å². The highest BCUT2D eigenvalue weighted by atomic mass is 16.5. The number of ketones is 1. The summed E-state index contributed by atoms with van der Waals surface area (Å²) in [6.07, 6.45) is 5.99. The summed E-state index contributed by atoms with van der Waals surface area (Å²) in [7, 11) is 1.98. The number of hydrogen-bond donors (Lipinski definition) is 0. The Bertz CT molecular complexity index is 1670. The number of aryl methyl sites for hydroxylation is 1. The molecule has 3 aromatic carbocycles. The highest BCUT2D eigenvalue weighted by Crippen LogP contribution is 2.50. The highest BCUT2D eigenvalue weighted by molar-refractivity contribution is 6.15. The van der Waals surface area contributed by atoms with Crippen molar-refractivity contribution in [2.45, 2.75) is 12.3 Å². The van der Waals surface area contributed by atoms with Crippen LogP contribution in [-0.2, 0) is 11.8 Å². The van der Waals surface area contributed by atoms with E-state index in [1.165, 1.54) is 0 Å². The molecule has 6 nitrogen and oxygen atoms in total. The number of para-hydroxylation sites is 2. The summed E-state index contributed by atoms with van der Waals surface area (Å²) in [5.41, 5.74) is 5.07. The van der Waals surface area contributed by atoms with Crippen LogP contribution in [0.5, 0.6) is 17.2 Å². The quantitative estimate of drug-likeness (QED) is 0.213. The van der Waals surface area contributed by atoms with Gasteiger partial charge >= 0.3 is 5.97 Å². The van der Waals surface area contributed by atoms with Crippen LogP contribution in [0.1, 0.15) is 39.4 Å². The predicted molar refractivity (Wildman–Crippen MR) is 135 cm³/mol. The fraction of sp³-hybridized carbons (Fsp3) is 0.133. The first-order valence-electron chi connectivity index (χ1n) is 11.8. The molecule has 0 amide bonds. The van der Waals surface area contributed by atoms with E-state index in [1.807, 2.05) is 66.3 Å². The van der Waals surface area contributed by atoms with Gasteiger partial charge in [-0.2, -0.15) is 0 Å². The molecule has 0 spiro atoms. The number of rotatable bonds is 2. The van der Waals surface area contributed by atoms with Gasteiger partial charge < -0.3 is 18.8 Å². The van der Waals surface area contributed by atoms with Crippen LogP contribution in [0.15, 0.2) is 78.2 Å². The molecule has 0 N–H and O–H groups in total. The van der Waals surface area contributed by atoms with Gasteiger partial charge in [-0.1, -0.05) is 36.4 Å². The van der Waals surface area contributed by atoms with Gasteiger partial charge in [0.25, 0.3) is 0 Å². The summed E-state index contributed by atoms with van der Waals surface area (Å²) in [6, 6.07) is 19.2. The fourth-order valence-electron chi connectivity index (χ4n) is 5.39.